The van der Waals surface area contributed by atoms with Crippen molar-refractivity contribution in [2.24, 2.45) is 0 Å². The molecule has 20 heavy (non-hydrogen) atoms. The summed E-state index contributed by atoms with van der Waals surface area (Å²) in [5, 5.41) is 0.230. The quantitative estimate of drug-likeness (QED) is 0.771. The zero-order chi connectivity index (χ0) is 15.1. The normalized spacial score (nSPS) is 12.2. The molecule has 1 rings (SSSR count). The zero-order valence-corrected chi connectivity index (χ0v) is 12.7. The minimum Gasteiger partial charge on any atom is -0.397 e. The van der Waals surface area contributed by atoms with Gasteiger partial charge in [-0.3, -0.25) is 4.79 Å². The van der Waals surface area contributed by atoms with E-state index in [1.54, 1.807) is 19.1 Å². The molecule has 0 aromatic carbocycles. The van der Waals surface area contributed by atoms with Gasteiger partial charge in [-0.2, -0.15) is 0 Å². The minimum absolute atomic E-state index is 0.103. The summed E-state index contributed by atoms with van der Waals surface area (Å²) >= 11 is 5.82. The van der Waals surface area contributed by atoms with E-state index in [1.165, 1.54) is 12.3 Å². The second-order valence-corrected chi connectivity index (χ2v) is 4.78. The van der Waals surface area contributed by atoms with E-state index < -0.39 is 0 Å². The van der Waals surface area contributed by atoms with Crippen molar-refractivity contribution in [1.82, 2.24) is 9.88 Å². The highest BCUT2D eigenvalue weighted by atomic mass is 35.5. The Balaban J connectivity index is 2.99. The molecule has 112 valence electrons. The molecule has 0 spiro atoms. The molecule has 7 heteroatoms. The molecule has 1 atom stereocenters. The van der Waals surface area contributed by atoms with E-state index in [1.807, 2.05) is 6.92 Å². The van der Waals surface area contributed by atoms with Crippen molar-refractivity contribution < 1.29 is 14.3 Å². The van der Waals surface area contributed by atoms with E-state index >= 15 is 0 Å². The van der Waals surface area contributed by atoms with Crippen molar-refractivity contribution in [2.45, 2.75) is 13.0 Å². The summed E-state index contributed by atoms with van der Waals surface area (Å²) < 4.78 is 10.1. The van der Waals surface area contributed by atoms with Crippen LogP contribution in [0.1, 0.15) is 17.3 Å². The Morgan fingerprint density at radius 3 is 2.80 bits per heavy atom. The Bertz CT molecular complexity index is 456. The molecule has 6 nitrogen and oxygen atoms in total. The van der Waals surface area contributed by atoms with Crippen LogP contribution in [0.4, 0.5) is 5.69 Å². The summed E-state index contributed by atoms with van der Waals surface area (Å²) in [5.41, 5.74) is 6.43. The van der Waals surface area contributed by atoms with Crippen LogP contribution in [0, 0.1) is 0 Å². The molecule has 0 bridgehead atoms. The van der Waals surface area contributed by atoms with Crippen molar-refractivity contribution in [3.8, 4) is 0 Å². The molecule has 0 fully saturated rings. The van der Waals surface area contributed by atoms with Gasteiger partial charge in [-0.05, 0) is 13.0 Å². The fourth-order valence-corrected chi connectivity index (χ4v) is 1.98. The average molecular weight is 302 g/mol. The first kappa shape index (κ1) is 16.7. The standard InChI is InChI=1S/C13H20ClN3O3/c1-9(8-20-3)17(4-5-19-2)13(18)10-6-12(14)16-7-11(10)15/h6-7,9H,4-5,8,15H2,1-3H3. The van der Waals surface area contributed by atoms with Crippen LogP contribution in [0.2, 0.25) is 5.15 Å². The molecular weight excluding hydrogens is 282 g/mol. The fraction of sp³-hybridized carbons (Fsp3) is 0.538. The van der Waals surface area contributed by atoms with Gasteiger partial charge in [0, 0.05) is 20.8 Å². The number of nitrogens with zero attached hydrogens (tertiary/aromatic N) is 2. The number of ether oxygens (including phenoxy) is 2. The highest BCUT2D eigenvalue weighted by Gasteiger charge is 2.23. The number of rotatable bonds is 7. The van der Waals surface area contributed by atoms with E-state index in [0.29, 0.717) is 31.0 Å². The molecule has 1 heterocycles. The van der Waals surface area contributed by atoms with E-state index in [2.05, 4.69) is 4.98 Å². The van der Waals surface area contributed by atoms with E-state index in [4.69, 9.17) is 26.8 Å². The second kappa shape index (κ2) is 8.04. The summed E-state index contributed by atoms with van der Waals surface area (Å²) in [6.07, 6.45) is 1.38. The van der Waals surface area contributed by atoms with E-state index in [0.717, 1.165) is 0 Å². The molecular formula is C13H20ClN3O3. The van der Waals surface area contributed by atoms with Gasteiger partial charge < -0.3 is 20.1 Å². The van der Waals surface area contributed by atoms with Crippen molar-refractivity contribution in [3.05, 3.63) is 23.0 Å². The molecule has 0 saturated carbocycles. The Hall–Kier alpha value is -1.37. The van der Waals surface area contributed by atoms with Gasteiger partial charge in [0.25, 0.3) is 5.91 Å². The lowest BCUT2D eigenvalue weighted by Gasteiger charge is -2.29. The largest absolute Gasteiger partial charge is 0.397 e. The van der Waals surface area contributed by atoms with Gasteiger partial charge in [-0.25, -0.2) is 4.98 Å². The van der Waals surface area contributed by atoms with E-state index in [-0.39, 0.29) is 17.1 Å². The van der Waals surface area contributed by atoms with Gasteiger partial charge in [-0.15, -0.1) is 0 Å². The smallest absolute Gasteiger partial charge is 0.256 e. The topological polar surface area (TPSA) is 77.7 Å². The number of hydrogen-bond donors (Lipinski definition) is 1. The lowest BCUT2D eigenvalue weighted by molar-refractivity contribution is 0.0480. The third-order valence-corrected chi connectivity index (χ3v) is 3.08. The van der Waals surface area contributed by atoms with Crippen LogP contribution in [0.3, 0.4) is 0 Å². The summed E-state index contributed by atoms with van der Waals surface area (Å²) in [7, 11) is 3.18. The summed E-state index contributed by atoms with van der Waals surface area (Å²) in [6.45, 7) is 3.20. The van der Waals surface area contributed by atoms with Gasteiger partial charge in [-0.1, -0.05) is 11.6 Å². The SMILES string of the molecule is COCCN(C(=O)c1cc(Cl)ncc1N)C(C)COC. The Morgan fingerprint density at radius 1 is 1.50 bits per heavy atom. The number of nitrogen functional groups attached to an aromatic ring is 1. The van der Waals surface area contributed by atoms with E-state index in [9.17, 15) is 4.79 Å². The first-order valence-electron chi connectivity index (χ1n) is 6.21. The number of methoxy groups -OCH3 is 2. The number of aromatic nitrogens is 1. The van der Waals surface area contributed by atoms with Crippen LogP contribution in [0.5, 0.6) is 0 Å². The minimum atomic E-state index is -0.214. The third-order valence-electron chi connectivity index (χ3n) is 2.87. The van der Waals surface area contributed by atoms with Crippen LogP contribution < -0.4 is 5.73 Å². The molecule has 0 aliphatic heterocycles. The monoisotopic (exact) mass is 301 g/mol. The fourth-order valence-electron chi connectivity index (χ4n) is 1.82. The number of hydrogen-bond acceptors (Lipinski definition) is 5. The van der Waals surface area contributed by atoms with Gasteiger partial charge in [0.05, 0.1) is 36.7 Å². The molecule has 1 unspecified atom stereocenters. The highest BCUT2D eigenvalue weighted by molar-refractivity contribution is 6.29. The van der Waals surface area contributed by atoms with Crippen molar-refractivity contribution in [1.29, 1.82) is 0 Å². The lowest BCUT2D eigenvalue weighted by atomic mass is 10.1. The molecule has 0 aliphatic rings. The second-order valence-electron chi connectivity index (χ2n) is 4.39. The molecule has 1 aromatic heterocycles. The molecule has 2 N–H and O–H groups in total. The maximum Gasteiger partial charge on any atom is 0.256 e. The number of amides is 1. The Morgan fingerprint density at radius 2 is 2.20 bits per heavy atom. The number of nitrogens with two attached hydrogens (primary N) is 1. The number of anilines is 1. The maximum absolute atomic E-state index is 12.6. The van der Waals surface area contributed by atoms with Crippen molar-refractivity contribution in [3.63, 3.8) is 0 Å². The number of halogens is 1. The van der Waals surface area contributed by atoms with Crippen molar-refractivity contribution in [2.75, 3.05) is 39.7 Å². The third kappa shape index (κ3) is 4.33. The highest BCUT2D eigenvalue weighted by Crippen LogP contribution is 2.18. The number of pyridine rings is 1. The Kier molecular flexibility index (Phi) is 6.70. The lowest BCUT2D eigenvalue weighted by Crippen LogP contribution is -2.43. The van der Waals surface area contributed by atoms with Gasteiger partial charge in [0.1, 0.15) is 5.15 Å². The summed E-state index contributed by atoms with van der Waals surface area (Å²) in [4.78, 5) is 18.1. The van der Waals surface area contributed by atoms with Crippen LogP contribution in [0.25, 0.3) is 0 Å². The molecule has 0 aliphatic carbocycles. The predicted octanol–water partition coefficient (Wildman–Crippen LogP) is 1.44. The zero-order valence-electron chi connectivity index (χ0n) is 11.9. The van der Waals surface area contributed by atoms with Crippen molar-refractivity contribution >= 4 is 23.2 Å². The molecule has 1 aromatic rings. The van der Waals surface area contributed by atoms with Crippen LogP contribution in [-0.4, -0.2) is 55.8 Å². The molecule has 0 saturated heterocycles. The molecule has 0 radical (unpaired) electrons. The summed E-state index contributed by atoms with van der Waals surface area (Å²) in [5.74, 6) is -0.214. The van der Waals surface area contributed by atoms with Gasteiger partial charge in [0.2, 0.25) is 0 Å². The first-order chi connectivity index (χ1) is 9.51. The average Bonchev–Trinajstić information content (AvgIpc) is 2.42. The molecule has 1 amide bonds. The van der Waals surface area contributed by atoms with Gasteiger partial charge >= 0.3 is 0 Å². The van der Waals surface area contributed by atoms with Crippen LogP contribution in [0.15, 0.2) is 12.3 Å². The number of carbonyl (C=O) groups excluding carboxylic acids is 1. The predicted molar refractivity (Wildman–Crippen MR) is 77.9 cm³/mol. The Labute approximate surface area is 123 Å². The van der Waals surface area contributed by atoms with Crippen LogP contribution >= 0.6 is 11.6 Å². The summed E-state index contributed by atoms with van der Waals surface area (Å²) in [6, 6.07) is 1.37. The number of carbonyl (C=O) groups is 1. The van der Waals surface area contributed by atoms with Gasteiger partial charge in [0.15, 0.2) is 0 Å². The van der Waals surface area contributed by atoms with Crippen LogP contribution in [-0.2, 0) is 9.47 Å². The first-order valence-corrected chi connectivity index (χ1v) is 6.59. The maximum atomic E-state index is 12.6.